The lowest BCUT2D eigenvalue weighted by molar-refractivity contribution is -0.133. The molecule has 0 spiro atoms. The Hall–Kier alpha value is -1.60. The maximum absolute atomic E-state index is 12.9. The molecule has 136 valence electrons. The molecule has 1 atom stereocenters. The van der Waals surface area contributed by atoms with Gasteiger partial charge in [0.05, 0.1) is 10.6 Å². The van der Waals surface area contributed by atoms with Crippen LogP contribution in [0.1, 0.15) is 34.6 Å². The monoisotopic (exact) mass is 379 g/mol. The van der Waals surface area contributed by atoms with Crippen molar-refractivity contribution in [3.8, 4) is 0 Å². The number of hydrogen-bond donors (Lipinski definition) is 0. The second-order valence-electron chi connectivity index (χ2n) is 6.43. The van der Waals surface area contributed by atoms with Crippen LogP contribution in [0.25, 0.3) is 10.2 Å². The molecule has 0 aliphatic carbocycles. The molecule has 0 saturated heterocycles. The number of rotatable bonds is 7. The van der Waals surface area contributed by atoms with E-state index in [0.29, 0.717) is 21.9 Å². The molecule has 0 radical (unpaired) electrons. The lowest BCUT2D eigenvalue weighted by atomic mass is 10.2. The highest BCUT2D eigenvalue weighted by Gasteiger charge is 2.27. The zero-order valence-electron chi connectivity index (χ0n) is 15.4. The van der Waals surface area contributed by atoms with Crippen LogP contribution in [0.2, 0.25) is 0 Å². The van der Waals surface area contributed by atoms with Crippen LogP contribution >= 0.6 is 23.1 Å². The molecular weight excluding hydrogens is 354 g/mol. The van der Waals surface area contributed by atoms with Crippen molar-refractivity contribution in [2.45, 2.75) is 63.7 Å². The molecule has 0 aromatic carbocycles. The van der Waals surface area contributed by atoms with Crippen LogP contribution in [-0.2, 0) is 11.3 Å². The molecule has 5 nitrogen and oxygen atoms in total. The lowest BCUT2D eigenvalue weighted by Crippen LogP contribution is -2.45. The Morgan fingerprint density at radius 1 is 1.36 bits per heavy atom. The molecule has 2 heterocycles. The van der Waals surface area contributed by atoms with E-state index < -0.39 is 0 Å². The van der Waals surface area contributed by atoms with E-state index in [1.165, 1.54) is 23.1 Å². The van der Waals surface area contributed by atoms with Crippen LogP contribution in [0.5, 0.6) is 0 Å². The highest BCUT2D eigenvalue weighted by atomic mass is 32.2. The normalized spacial score (nSPS) is 12.8. The summed E-state index contributed by atoms with van der Waals surface area (Å²) in [5, 5.41) is 2.71. The van der Waals surface area contributed by atoms with Crippen molar-refractivity contribution in [3.63, 3.8) is 0 Å². The number of carbonyl (C=O) groups is 1. The summed E-state index contributed by atoms with van der Waals surface area (Å²) in [6, 6.07) is 2.04. The lowest BCUT2D eigenvalue weighted by Gasteiger charge is -2.32. The van der Waals surface area contributed by atoms with E-state index in [0.717, 1.165) is 0 Å². The zero-order chi connectivity index (χ0) is 18.7. The number of hydrogen-bond acceptors (Lipinski definition) is 5. The fourth-order valence-corrected chi connectivity index (χ4v) is 4.61. The fraction of sp³-hybridized carbons (Fsp3) is 0.500. The molecule has 0 aliphatic rings. The van der Waals surface area contributed by atoms with Crippen molar-refractivity contribution in [1.82, 2.24) is 14.5 Å². The summed E-state index contributed by atoms with van der Waals surface area (Å²) in [5.41, 5.74) is -0.0853. The Kier molecular flexibility index (Phi) is 6.46. The van der Waals surface area contributed by atoms with Gasteiger partial charge in [0.15, 0.2) is 5.16 Å². The smallest absolute Gasteiger partial charge is 0.263 e. The maximum atomic E-state index is 12.9. The molecular formula is C18H25N3O2S2. The average molecular weight is 380 g/mol. The first kappa shape index (κ1) is 19.7. The third-order valence-electron chi connectivity index (χ3n) is 3.86. The number of thioether (sulfide) groups is 1. The summed E-state index contributed by atoms with van der Waals surface area (Å²) < 4.78 is 1.59. The molecule has 1 unspecified atom stereocenters. The number of fused-ring (bicyclic) bond motifs is 1. The molecule has 0 fully saturated rings. The summed E-state index contributed by atoms with van der Waals surface area (Å²) in [6.07, 6.45) is 1.67. The highest BCUT2D eigenvalue weighted by Crippen LogP contribution is 2.26. The van der Waals surface area contributed by atoms with Gasteiger partial charge in [-0.25, -0.2) is 4.98 Å². The van der Waals surface area contributed by atoms with E-state index in [-0.39, 0.29) is 28.8 Å². The average Bonchev–Trinajstić information content (AvgIpc) is 2.98. The van der Waals surface area contributed by atoms with Gasteiger partial charge in [-0.3, -0.25) is 14.2 Å². The molecule has 0 bridgehead atoms. The van der Waals surface area contributed by atoms with Gasteiger partial charge >= 0.3 is 0 Å². The van der Waals surface area contributed by atoms with Gasteiger partial charge in [-0.1, -0.05) is 17.8 Å². The summed E-state index contributed by atoms with van der Waals surface area (Å²) >= 11 is 2.77. The van der Waals surface area contributed by atoms with Gasteiger partial charge in [-0.2, -0.15) is 0 Å². The molecule has 1 amide bonds. The summed E-state index contributed by atoms with van der Waals surface area (Å²) in [6.45, 7) is 14.0. The van der Waals surface area contributed by atoms with Crippen molar-refractivity contribution < 1.29 is 4.79 Å². The van der Waals surface area contributed by atoms with Crippen molar-refractivity contribution in [2.24, 2.45) is 0 Å². The minimum Gasteiger partial charge on any atom is -0.337 e. The first-order chi connectivity index (χ1) is 11.8. The number of aromatic nitrogens is 2. The van der Waals surface area contributed by atoms with Gasteiger partial charge in [-0.15, -0.1) is 17.9 Å². The first-order valence-electron chi connectivity index (χ1n) is 8.35. The second-order valence-corrected chi connectivity index (χ2v) is 8.63. The van der Waals surface area contributed by atoms with Crippen LogP contribution in [-0.4, -0.2) is 37.7 Å². The van der Waals surface area contributed by atoms with Crippen LogP contribution in [0.4, 0.5) is 0 Å². The minimum absolute atomic E-state index is 0.0562. The van der Waals surface area contributed by atoms with Crippen molar-refractivity contribution in [2.75, 3.05) is 0 Å². The summed E-state index contributed by atoms with van der Waals surface area (Å²) in [5.74, 6) is 0.0562. The molecule has 2 aromatic heterocycles. The van der Waals surface area contributed by atoms with Crippen molar-refractivity contribution >= 4 is 39.2 Å². The highest BCUT2D eigenvalue weighted by molar-refractivity contribution is 8.00. The Bertz CT molecular complexity index is 815. The van der Waals surface area contributed by atoms with Crippen molar-refractivity contribution in [3.05, 3.63) is 34.5 Å². The molecule has 25 heavy (non-hydrogen) atoms. The van der Waals surface area contributed by atoms with Gasteiger partial charge in [0, 0.05) is 18.6 Å². The third-order valence-corrected chi connectivity index (χ3v) is 5.74. The van der Waals surface area contributed by atoms with E-state index in [4.69, 9.17) is 0 Å². The van der Waals surface area contributed by atoms with Crippen LogP contribution in [0.15, 0.2) is 34.1 Å². The summed E-state index contributed by atoms with van der Waals surface area (Å²) in [7, 11) is 0. The van der Waals surface area contributed by atoms with Gasteiger partial charge in [-0.05, 0) is 46.1 Å². The number of nitrogens with zero attached hydrogens (tertiary/aromatic N) is 3. The largest absolute Gasteiger partial charge is 0.337 e. The minimum atomic E-state index is -0.329. The second kappa shape index (κ2) is 8.19. The number of allylic oxidation sites excluding steroid dienone is 1. The van der Waals surface area contributed by atoms with E-state index in [1.807, 2.05) is 44.9 Å². The van der Waals surface area contributed by atoms with Crippen LogP contribution in [0, 0.1) is 0 Å². The molecule has 0 N–H and O–H groups in total. The molecule has 2 rings (SSSR count). The predicted molar refractivity (Wildman–Crippen MR) is 107 cm³/mol. The van der Waals surface area contributed by atoms with Gasteiger partial charge in [0.2, 0.25) is 5.91 Å². The van der Waals surface area contributed by atoms with Gasteiger partial charge in [0.25, 0.3) is 5.56 Å². The maximum Gasteiger partial charge on any atom is 0.263 e. The summed E-state index contributed by atoms with van der Waals surface area (Å²) in [4.78, 5) is 32.7. The SMILES string of the molecule is C=CCn1c(SC(C)C(=O)N(C(C)C)C(C)C)nc2sccc2c1=O. The Balaban J connectivity index is 2.38. The Labute approximate surface area is 156 Å². The first-order valence-corrected chi connectivity index (χ1v) is 10.1. The standard InChI is InChI=1S/C18H25N3O2S2/c1-7-9-20-17(23)14-8-10-24-15(14)19-18(20)25-13(6)16(22)21(11(2)3)12(4)5/h7-8,10-13H,1,9H2,2-6H3. The van der Waals surface area contributed by atoms with E-state index in [2.05, 4.69) is 11.6 Å². The van der Waals surface area contributed by atoms with Crippen LogP contribution in [0.3, 0.4) is 0 Å². The fourth-order valence-electron chi connectivity index (χ4n) is 2.83. The number of amides is 1. The van der Waals surface area contributed by atoms with Crippen LogP contribution < -0.4 is 5.56 Å². The Morgan fingerprint density at radius 2 is 2.00 bits per heavy atom. The quantitative estimate of drug-likeness (QED) is 0.417. The van der Waals surface area contributed by atoms with Gasteiger partial charge in [0.1, 0.15) is 4.83 Å². The topological polar surface area (TPSA) is 55.2 Å². The van der Waals surface area contributed by atoms with E-state index >= 15 is 0 Å². The van der Waals surface area contributed by atoms with Crippen molar-refractivity contribution in [1.29, 1.82) is 0 Å². The molecule has 7 heteroatoms. The zero-order valence-corrected chi connectivity index (χ0v) is 17.0. The number of carbonyl (C=O) groups excluding carboxylic acids is 1. The molecule has 0 aliphatic heterocycles. The molecule has 0 saturated carbocycles. The van der Waals surface area contributed by atoms with E-state index in [9.17, 15) is 9.59 Å². The van der Waals surface area contributed by atoms with E-state index in [1.54, 1.807) is 16.7 Å². The molecule has 2 aromatic rings. The predicted octanol–water partition coefficient (Wildman–Crippen LogP) is 3.77. The third kappa shape index (κ3) is 4.15. The Morgan fingerprint density at radius 3 is 2.56 bits per heavy atom. The van der Waals surface area contributed by atoms with Gasteiger partial charge < -0.3 is 4.90 Å². The number of thiophene rings is 1.